The van der Waals surface area contributed by atoms with E-state index in [0.29, 0.717) is 44.8 Å². The number of carboxylic acid groups (broad SMARTS) is 1. The predicted molar refractivity (Wildman–Crippen MR) is 299 cm³/mol. The highest BCUT2D eigenvalue weighted by molar-refractivity contribution is 6.08. The number of hydrogen-bond donors (Lipinski definition) is 2. The van der Waals surface area contributed by atoms with Crippen molar-refractivity contribution in [2.75, 3.05) is 0 Å². The van der Waals surface area contributed by atoms with Gasteiger partial charge in [-0.15, -0.1) is 0 Å². The van der Waals surface area contributed by atoms with Gasteiger partial charge in [0.1, 0.15) is 45.2 Å². The van der Waals surface area contributed by atoms with E-state index in [9.17, 15) is 34.2 Å². The molecule has 0 fully saturated rings. The minimum absolute atomic E-state index is 0.0712. The molecule has 2 N–H and O–H groups in total. The van der Waals surface area contributed by atoms with Gasteiger partial charge >= 0.3 is 17.6 Å². The van der Waals surface area contributed by atoms with Crippen molar-refractivity contribution < 1.29 is 42.5 Å². The fraction of sp³-hybridized carbons (Fsp3) is 0.203. The number of fused-ring (bicyclic) bond motifs is 5. The van der Waals surface area contributed by atoms with E-state index in [2.05, 4.69) is 20.8 Å². The highest BCUT2D eigenvalue weighted by Gasteiger charge is 2.25. The molecule has 2 aliphatic carbocycles. The summed E-state index contributed by atoms with van der Waals surface area (Å²) in [4.78, 5) is 59.4. The summed E-state index contributed by atoms with van der Waals surface area (Å²) in [6.07, 6.45) is 3.64. The lowest BCUT2D eigenvalue weighted by atomic mass is 9.85. The molecule has 0 saturated heterocycles. The first-order valence-corrected chi connectivity index (χ1v) is 24.6. The van der Waals surface area contributed by atoms with Crippen LogP contribution in [0.5, 0.6) is 5.75 Å². The molecule has 10 rings (SSSR count). The van der Waals surface area contributed by atoms with Crippen LogP contribution in [0.15, 0.2) is 179 Å². The number of carbonyl (C=O) groups excluding carboxylic acids is 1. The molecule has 76 heavy (non-hydrogen) atoms. The lowest BCUT2D eigenvalue weighted by molar-refractivity contribution is 0.00649. The van der Waals surface area contributed by atoms with Gasteiger partial charge in [0.25, 0.3) is 0 Å². The third-order valence-electron chi connectivity index (χ3n) is 12.1. The second-order valence-electron chi connectivity index (χ2n) is 21.4. The van der Waals surface area contributed by atoms with Gasteiger partial charge in [0, 0.05) is 56.6 Å². The average Bonchev–Trinajstić information content (AvgIpc) is 3.34. The maximum absolute atomic E-state index is 11.9. The van der Waals surface area contributed by atoms with Crippen LogP contribution in [0, 0.1) is 6.92 Å². The van der Waals surface area contributed by atoms with E-state index in [0.717, 1.165) is 49.7 Å². The van der Waals surface area contributed by atoms with Crippen LogP contribution in [0.4, 0.5) is 0 Å². The van der Waals surface area contributed by atoms with Crippen LogP contribution in [0.3, 0.4) is 0 Å². The maximum Gasteiger partial charge on any atom is 0.351 e. The molecule has 12 heteroatoms. The van der Waals surface area contributed by atoms with Crippen LogP contribution in [-0.2, 0) is 14.9 Å². The molecular weight excluding hydrogens is 961 g/mol. The second-order valence-corrected chi connectivity index (χ2v) is 21.4. The Morgan fingerprint density at radius 3 is 1.72 bits per heavy atom. The molecule has 0 unspecified atom stereocenters. The molecule has 0 bridgehead atoms. The molecule has 0 amide bonds. The van der Waals surface area contributed by atoms with Crippen molar-refractivity contribution in [2.45, 2.75) is 85.9 Å². The molecule has 6 aromatic rings. The molecule has 0 saturated carbocycles. The first-order valence-electron chi connectivity index (χ1n) is 24.6. The molecule has 0 radical (unpaired) electrons. The maximum atomic E-state index is 11.9. The van der Waals surface area contributed by atoms with Crippen LogP contribution >= 0.6 is 0 Å². The number of benzene rings is 7. The van der Waals surface area contributed by atoms with Crippen LogP contribution < -0.4 is 16.5 Å². The third kappa shape index (κ3) is 12.1. The second kappa shape index (κ2) is 21.1. The molecule has 0 spiro atoms. The number of rotatable bonds is 6. The van der Waals surface area contributed by atoms with Gasteiger partial charge in [-0.1, -0.05) is 87.5 Å². The van der Waals surface area contributed by atoms with Crippen LogP contribution in [0.1, 0.15) is 99.7 Å². The number of phenols is 1. The fourth-order valence-corrected chi connectivity index (χ4v) is 8.54. The van der Waals surface area contributed by atoms with Crippen LogP contribution in [0.2, 0.25) is 0 Å². The minimum atomic E-state index is -0.996. The van der Waals surface area contributed by atoms with Gasteiger partial charge in [0.15, 0.2) is 10.9 Å². The SMILES string of the molecule is CC(C)(C)OC=Cc1ccccc1-c1c2ccc(=O)cc-2oc2cc(O)ccc12.CC(C)(C)c1ccc2c(-c3ccccc3C(=O)O)c3ccc(=O)cc-3oc2c1.Cc1ccc2cc(C(=O)OC(C)(C)C)c(=O)oc2c1. The third-order valence-corrected chi connectivity index (χ3v) is 12.1. The van der Waals surface area contributed by atoms with E-state index < -0.39 is 23.2 Å². The Morgan fingerprint density at radius 1 is 0.539 bits per heavy atom. The number of aryl methyl sites for hydroxylation is 1. The topological polar surface area (TPSA) is 184 Å². The van der Waals surface area contributed by atoms with Crippen molar-refractivity contribution in [3.8, 4) is 50.7 Å². The molecule has 3 heterocycles. The first-order chi connectivity index (χ1) is 35.8. The normalized spacial score (nSPS) is 11.9. The summed E-state index contributed by atoms with van der Waals surface area (Å²) < 4.78 is 28.1. The number of carbonyl (C=O) groups is 2. The van der Waals surface area contributed by atoms with Gasteiger partial charge in [-0.05, 0) is 148 Å². The van der Waals surface area contributed by atoms with Gasteiger partial charge in [-0.3, -0.25) is 9.59 Å². The summed E-state index contributed by atoms with van der Waals surface area (Å²) in [7, 11) is 0. The number of ether oxygens (including phenoxy) is 2. The summed E-state index contributed by atoms with van der Waals surface area (Å²) in [6, 6.07) is 42.3. The lowest BCUT2D eigenvalue weighted by Crippen LogP contribution is -2.27. The summed E-state index contributed by atoms with van der Waals surface area (Å²) in [5, 5.41) is 22.0. The largest absolute Gasteiger partial charge is 0.508 e. The minimum Gasteiger partial charge on any atom is -0.508 e. The Morgan fingerprint density at radius 2 is 1.12 bits per heavy atom. The predicted octanol–water partition coefficient (Wildman–Crippen LogP) is 14.7. The van der Waals surface area contributed by atoms with Gasteiger partial charge in [-0.2, -0.15) is 0 Å². The van der Waals surface area contributed by atoms with Crippen molar-refractivity contribution in [3.63, 3.8) is 0 Å². The molecule has 1 aromatic heterocycles. The standard InChI is InChI=1S/C25H22O4.C24H20O4.C15H16O4/c1-25(2,3)28-13-12-16-6-4-5-7-19(16)24-20-10-8-17(26)14-22(20)29-23-15-18(27)9-11-21(23)24;1-24(2,3)14-8-10-18-20(12-14)28-21-13-15(25)9-11-19(21)22(18)16-6-4-5-7-17(16)23(26)27;1-9-5-6-10-8-11(13(16)18-12(10)7-9)14(17)19-15(2,3)4/h4-15,26H,1-3H3;4-13H,1-3H3,(H,26,27);5-8H,1-4H3. The molecule has 0 atom stereocenters. The van der Waals surface area contributed by atoms with Gasteiger partial charge in [0.2, 0.25) is 0 Å². The highest BCUT2D eigenvalue weighted by atomic mass is 16.6. The number of phenolic OH excluding ortho intramolecular Hbond substituents is 1. The van der Waals surface area contributed by atoms with Crippen LogP contribution in [0.25, 0.3) is 83.9 Å². The Hall–Kier alpha value is -9.03. The number of aromatic hydroxyl groups is 1. The van der Waals surface area contributed by atoms with E-state index in [-0.39, 0.29) is 38.8 Å². The Kier molecular flexibility index (Phi) is 14.8. The Bertz CT molecular complexity index is 3980. The van der Waals surface area contributed by atoms with E-state index >= 15 is 0 Å². The fourth-order valence-electron chi connectivity index (χ4n) is 8.54. The monoisotopic (exact) mass is 1020 g/mol. The van der Waals surface area contributed by atoms with E-state index in [1.807, 2.05) is 101 Å². The van der Waals surface area contributed by atoms with E-state index in [4.69, 9.17) is 22.7 Å². The van der Waals surface area contributed by atoms with Gasteiger partial charge < -0.3 is 32.9 Å². The van der Waals surface area contributed by atoms with E-state index in [1.54, 1.807) is 75.6 Å². The smallest absolute Gasteiger partial charge is 0.351 e. The zero-order valence-electron chi connectivity index (χ0n) is 44.0. The summed E-state index contributed by atoms with van der Waals surface area (Å²) in [5.41, 5.74) is 7.68. The highest BCUT2D eigenvalue weighted by Crippen LogP contribution is 2.44. The summed E-state index contributed by atoms with van der Waals surface area (Å²) in [6.45, 7) is 19.5. The van der Waals surface area contributed by atoms with Crippen molar-refractivity contribution in [2.24, 2.45) is 0 Å². The average molecular weight is 1020 g/mol. The molecule has 5 aromatic carbocycles. The van der Waals surface area contributed by atoms with Crippen molar-refractivity contribution in [1.82, 2.24) is 0 Å². The molecule has 4 aliphatic rings. The molecule has 2 aliphatic heterocycles. The van der Waals surface area contributed by atoms with Crippen molar-refractivity contribution >= 4 is 50.9 Å². The number of esters is 1. The Balaban J connectivity index is 0.000000155. The van der Waals surface area contributed by atoms with Gasteiger partial charge in [-0.25, -0.2) is 14.4 Å². The van der Waals surface area contributed by atoms with Crippen molar-refractivity contribution in [3.05, 3.63) is 211 Å². The molecule has 386 valence electrons. The lowest BCUT2D eigenvalue weighted by Gasteiger charge is -2.21. The van der Waals surface area contributed by atoms with Gasteiger partial charge in [0.05, 0.1) is 17.4 Å². The number of aromatic carboxylic acids is 1. The van der Waals surface area contributed by atoms with E-state index in [1.165, 1.54) is 30.3 Å². The van der Waals surface area contributed by atoms with Crippen LogP contribution in [-0.4, -0.2) is 33.4 Å². The summed E-state index contributed by atoms with van der Waals surface area (Å²) in [5.74, 6) is -0.624. The summed E-state index contributed by atoms with van der Waals surface area (Å²) >= 11 is 0. The van der Waals surface area contributed by atoms with Crippen molar-refractivity contribution in [1.29, 1.82) is 0 Å². The number of hydrogen-bond acceptors (Lipinski definition) is 11. The first kappa shape index (κ1) is 53.3. The Labute approximate surface area is 438 Å². The quantitative estimate of drug-likeness (QED) is 0.0696. The number of carboxylic acids is 1. The molecular formula is C64H58O12. The zero-order valence-corrected chi connectivity index (χ0v) is 44.0. The molecule has 12 nitrogen and oxygen atoms in total. The zero-order chi connectivity index (χ0) is 54.9.